The smallest absolute Gasteiger partial charge is 0.146 e. The van der Waals surface area contributed by atoms with Gasteiger partial charge in [-0.15, -0.1) is 0 Å². The van der Waals surface area contributed by atoms with Gasteiger partial charge in [0.1, 0.15) is 5.82 Å². The van der Waals surface area contributed by atoms with Crippen LogP contribution < -0.4 is 5.73 Å². The molecule has 1 aromatic rings. The molecule has 64 valence electrons. The number of aryl methyl sites for hydroxylation is 1. The molecule has 1 nitrogen and oxygen atoms in total. The zero-order valence-electron chi connectivity index (χ0n) is 6.48. The van der Waals surface area contributed by atoms with Crippen LogP contribution in [0.2, 0.25) is 5.02 Å². The van der Waals surface area contributed by atoms with Gasteiger partial charge in [-0.25, -0.2) is 4.39 Å². The van der Waals surface area contributed by atoms with Crippen molar-refractivity contribution in [2.75, 3.05) is 0 Å². The van der Waals surface area contributed by atoms with Crippen LogP contribution >= 0.6 is 11.6 Å². The molecular weight excluding hydrogens is 177 g/mol. The van der Waals surface area contributed by atoms with Crippen LogP contribution in [0.5, 0.6) is 0 Å². The van der Waals surface area contributed by atoms with Crippen molar-refractivity contribution in [1.29, 1.82) is 0 Å². The Morgan fingerprint density at radius 2 is 2.25 bits per heavy atom. The molecule has 1 atom stereocenters. The first kappa shape index (κ1) is 8.02. The fraction of sp³-hybridized carbons (Fsp3) is 0.333. The molecule has 1 aromatic carbocycles. The first-order valence-corrected chi connectivity index (χ1v) is 4.30. The molecule has 12 heavy (non-hydrogen) atoms. The van der Waals surface area contributed by atoms with E-state index in [2.05, 4.69) is 0 Å². The van der Waals surface area contributed by atoms with E-state index in [1.54, 1.807) is 6.07 Å². The van der Waals surface area contributed by atoms with E-state index < -0.39 is 0 Å². The summed E-state index contributed by atoms with van der Waals surface area (Å²) in [6.07, 6.45) is 1.69. The Hall–Kier alpha value is -0.600. The number of fused-ring (bicyclic) bond motifs is 1. The lowest BCUT2D eigenvalue weighted by atomic mass is 10.1. The highest BCUT2D eigenvalue weighted by Gasteiger charge is 2.23. The standard InChI is InChI=1S/C9H9ClFN/c10-6-3-1-5-2-4-7(12)8(5)9(6)11/h1,3,7H,2,4,12H2. The number of halogens is 2. The number of hydrogen-bond donors (Lipinski definition) is 1. The van der Waals surface area contributed by atoms with Gasteiger partial charge < -0.3 is 5.73 Å². The zero-order valence-corrected chi connectivity index (χ0v) is 7.24. The van der Waals surface area contributed by atoms with Gasteiger partial charge in [0.25, 0.3) is 0 Å². The van der Waals surface area contributed by atoms with Crippen LogP contribution in [0.15, 0.2) is 12.1 Å². The van der Waals surface area contributed by atoms with Crippen LogP contribution in [-0.4, -0.2) is 0 Å². The molecule has 0 aromatic heterocycles. The maximum absolute atomic E-state index is 13.3. The molecule has 0 spiro atoms. The van der Waals surface area contributed by atoms with Gasteiger partial charge in [0.15, 0.2) is 0 Å². The molecule has 0 saturated heterocycles. The minimum atomic E-state index is -0.334. The monoisotopic (exact) mass is 185 g/mol. The molecule has 0 heterocycles. The molecule has 1 aliphatic carbocycles. The highest BCUT2D eigenvalue weighted by Crippen LogP contribution is 2.34. The first-order valence-electron chi connectivity index (χ1n) is 3.92. The van der Waals surface area contributed by atoms with Crippen molar-refractivity contribution in [2.24, 2.45) is 5.73 Å². The van der Waals surface area contributed by atoms with Crippen molar-refractivity contribution in [1.82, 2.24) is 0 Å². The van der Waals surface area contributed by atoms with Crippen LogP contribution in [0.4, 0.5) is 4.39 Å². The van der Waals surface area contributed by atoms with Gasteiger partial charge in [-0.1, -0.05) is 17.7 Å². The van der Waals surface area contributed by atoms with E-state index >= 15 is 0 Å². The Kier molecular flexibility index (Phi) is 1.81. The minimum absolute atomic E-state index is 0.168. The van der Waals surface area contributed by atoms with E-state index in [1.807, 2.05) is 6.07 Å². The van der Waals surface area contributed by atoms with Crippen molar-refractivity contribution >= 4 is 11.6 Å². The van der Waals surface area contributed by atoms with Crippen LogP contribution in [0.25, 0.3) is 0 Å². The van der Waals surface area contributed by atoms with Gasteiger partial charge in [-0.3, -0.25) is 0 Å². The van der Waals surface area contributed by atoms with E-state index in [9.17, 15) is 4.39 Å². The largest absolute Gasteiger partial charge is 0.324 e. The molecule has 3 heteroatoms. The van der Waals surface area contributed by atoms with E-state index in [1.165, 1.54) is 0 Å². The number of hydrogen-bond acceptors (Lipinski definition) is 1. The van der Waals surface area contributed by atoms with Crippen molar-refractivity contribution in [3.05, 3.63) is 34.1 Å². The summed E-state index contributed by atoms with van der Waals surface area (Å²) in [7, 11) is 0. The van der Waals surface area contributed by atoms with Gasteiger partial charge in [-0.05, 0) is 24.5 Å². The highest BCUT2D eigenvalue weighted by atomic mass is 35.5. The predicted molar refractivity (Wildman–Crippen MR) is 46.7 cm³/mol. The van der Waals surface area contributed by atoms with E-state index in [0.29, 0.717) is 5.56 Å². The molecular formula is C9H9ClFN. The quantitative estimate of drug-likeness (QED) is 0.660. The normalized spacial score (nSPS) is 21.1. The third-order valence-corrected chi connectivity index (χ3v) is 2.61. The second kappa shape index (κ2) is 2.71. The average Bonchev–Trinajstić information content (AvgIpc) is 2.41. The van der Waals surface area contributed by atoms with Gasteiger partial charge in [0, 0.05) is 11.6 Å². The van der Waals surface area contributed by atoms with Crippen LogP contribution in [-0.2, 0) is 6.42 Å². The van der Waals surface area contributed by atoms with Crippen molar-refractivity contribution in [3.63, 3.8) is 0 Å². The summed E-state index contributed by atoms with van der Waals surface area (Å²) in [4.78, 5) is 0. The second-order valence-corrected chi connectivity index (χ2v) is 3.49. The topological polar surface area (TPSA) is 26.0 Å². The van der Waals surface area contributed by atoms with Gasteiger partial charge in [-0.2, -0.15) is 0 Å². The lowest BCUT2D eigenvalue weighted by molar-refractivity contribution is 0.589. The first-order chi connectivity index (χ1) is 5.70. The average molecular weight is 186 g/mol. The van der Waals surface area contributed by atoms with Crippen molar-refractivity contribution < 1.29 is 4.39 Å². The lowest BCUT2D eigenvalue weighted by Crippen LogP contribution is -2.07. The molecule has 2 rings (SSSR count). The molecule has 0 aliphatic heterocycles. The number of rotatable bonds is 0. The molecule has 0 fully saturated rings. The van der Waals surface area contributed by atoms with Gasteiger partial charge >= 0.3 is 0 Å². The summed E-state index contributed by atoms with van der Waals surface area (Å²) in [5.74, 6) is -0.334. The van der Waals surface area contributed by atoms with Crippen LogP contribution in [0.1, 0.15) is 23.6 Å². The van der Waals surface area contributed by atoms with Crippen molar-refractivity contribution in [2.45, 2.75) is 18.9 Å². The van der Waals surface area contributed by atoms with Crippen LogP contribution in [0, 0.1) is 5.82 Å². The second-order valence-electron chi connectivity index (χ2n) is 3.08. The maximum atomic E-state index is 13.3. The highest BCUT2D eigenvalue weighted by molar-refractivity contribution is 6.30. The van der Waals surface area contributed by atoms with Crippen LogP contribution in [0.3, 0.4) is 0 Å². The molecule has 2 N–H and O–H groups in total. The summed E-state index contributed by atoms with van der Waals surface area (Å²) >= 11 is 5.63. The Morgan fingerprint density at radius 3 is 3.00 bits per heavy atom. The Bertz CT molecular complexity index is 325. The van der Waals surface area contributed by atoms with E-state index in [0.717, 1.165) is 18.4 Å². The summed E-state index contributed by atoms with van der Waals surface area (Å²) in [6, 6.07) is 3.28. The molecule has 0 radical (unpaired) electrons. The zero-order chi connectivity index (χ0) is 8.72. The Labute approximate surface area is 75.3 Å². The number of nitrogens with two attached hydrogens (primary N) is 1. The molecule has 0 bridgehead atoms. The fourth-order valence-electron chi connectivity index (χ4n) is 1.68. The molecule has 1 unspecified atom stereocenters. The van der Waals surface area contributed by atoms with Gasteiger partial charge in [0.05, 0.1) is 5.02 Å². The maximum Gasteiger partial charge on any atom is 0.146 e. The van der Waals surface area contributed by atoms with Gasteiger partial charge in [0.2, 0.25) is 0 Å². The predicted octanol–water partition coefficient (Wildman–Crippen LogP) is 2.43. The van der Waals surface area contributed by atoms with E-state index in [4.69, 9.17) is 17.3 Å². The third kappa shape index (κ3) is 1.03. The summed E-state index contributed by atoms with van der Waals surface area (Å²) in [6.45, 7) is 0. The number of benzene rings is 1. The molecule has 0 saturated carbocycles. The fourth-order valence-corrected chi connectivity index (χ4v) is 1.85. The third-order valence-electron chi connectivity index (χ3n) is 2.32. The summed E-state index contributed by atoms with van der Waals surface area (Å²) in [5.41, 5.74) is 7.33. The Balaban J connectivity index is 2.63. The molecule has 0 amide bonds. The molecule has 1 aliphatic rings. The van der Waals surface area contributed by atoms with Crippen molar-refractivity contribution in [3.8, 4) is 0 Å². The summed E-state index contributed by atoms with van der Waals surface area (Å²) < 4.78 is 13.3. The summed E-state index contributed by atoms with van der Waals surface area (Å²) in [5, 5.41) is 0.172. The van der Waals surface area contributed by atoms with E-state index in [-0.39, 0.29) is 16.9 Å². The Morgan fingerprint density at radius 1 is 1.50 bits per heavy atom. The minimum Gasteiger partial charge on any atom is -0.324 e. The SMILES string of the molecule is NC1CCc2ccc(Cl)c(F)c21. The lowest BCUT2D eigenvalue weighted by Gasteiger charge is -2.06.